The van der Waals surface area contributed by atoms with Crippen LogP contribution >= 0.6 is 0 Å². The maximum Gasteiger partial charge on any atom is 0.240 e. The summed E-state index contributed by atoms with van der Waals surface area (Å²) in [6.45, 7) is 2.24. The molecule has 1 aliphatic heterocycles. The molecule has 3 rings (SSSR count). The number of halogens is 1. The lowest BCUT2D eigenvalue weighted by molar-refractivity contribution is -0.121. The van der Waals surface area contributed by atoms with Crippen molar-refractivity contribution < 1.29 is 13.9 Å². The van der Waals surface area contributed by atoms with E-state index in [0.717, 1.165) is 11.3 Å². The molecule has 5 heteroatoms. The van der Waals surface area contributed by atoms with Crippen molar-refractivity contribution in [2.24, 2.45) is 0 Å². The molecular weight excluding hydrogens is 307 g/mol. The van der Waals surface area contributed by atoms with Gasteiger partial charge in [-0.25, -0.2) is 4.39 Å². The Morgan fingerprint density at radius 3 is 2.62 bits per heavy atom. The number of rotatable bonds is 4. The monoisotopic (exact) mass is 328 g/mol. The Balaban J connectivity index is 1.61. The molecule has 1 saturated heterocycles. The first-order chi connectivity index (χ1) is 11.6. The molecule has 1 heterocycles. The van der Waals surface area contributed by atoms with Crippen LogP contribution in [0.4, 0.5) is 10.1 Å². The minimum absolute atomic E-state index is 0.0426. The van der Waals surface area contributed by atoms with Gasteiger partial charge in [0.25, 0.3) is 0 Å². The molecule has 0 saturated carbocycles. The number of anilines is 1. The van der Waals surface area contributed by atoms with Crippen LogP contribution in [0.25, 0.3) is 0 Å². The lowest BCUT2D eigenvalue weighted by Crippen LogP contribution is -2.44. The molecule has 0 radical (unpaired) electrons. The summed E-state index contributed by atoms with van der Waals surface area (Å²) < 4.78 is 18.8. The van der Waals surface area contributed by atoms with Crippen molar-refractivity contribution in [3.63, 3.8) is 0 Å². The zero-order valence-electron chi connectivity index (χ0n) is 13.7. The Kier molecular flexibility index (Phi) is 5.23. The Morgan fingerprint density at radius 1 is 1.21 bits per heavy atom. The minimum Gasteiger partial charge on any atom is -0.371 e. The van der Waals surface area contributed by atoms with E-state index in [1.807, 2.05) is 30.3 Å². The van der Waals surface area contributed by atoms with E-state index in [1.54, 1.807) is 24.1 Å². The van der Waals surface area contributed by atoms with Gasteiger partial charge in [0.15, 0.2) is 0 Å². The summed E-state index contributed by atoms with van der Waals surface area (Å²) >= 11 is 0. The van der Waals surface area contributed by atoms with Crippen molar-refractivity contribution in [2.75, 3.05) is 38.2 Å². The number of para-hydroxylation sites is 1. The highest BCUT2D eigenvalue weighted by molar-refractivity contribution is 5.94. The normalized spacial score (nSPS) is 18.3. The van der Waals surface area contributed by atoms with Gasteiger partial charge in [0, 0.05) is 25.8 Å². The van der Waals surface area contributed by atoms with Crippen LogP contribution in [-0.4, -0.2) is 44.1 Å². The molecule has 126 valence electrons. The Hall–Kier alpha value is -2.24. The predicted molar refractivity (Wildman–Crippen MR) is 91.4 cm³/mol. The highest BCUT2D eigenvalue weighted by Crippen LogP contribution is 2.22. The van der Waals surface area contributed by atoms with Crippen LogP contribution in [0, 0.1) is 5.82 Å². The molecule has 1 aliphatic rings. The summed E-state index contributed by atoms with van der Waals surface area (Å²) in [4.78, 5) is 16.2. The third-order valence-electron chi connectivity index (χ3n) is 4.27. The van der Waals surface area contributed by atoms with Gasteiger partial charge in [-0.1, -0.05) is 30.3 Å². The quantitative estimate of drug-likeness (QED) is 0.865. The maximum absolute atomic E-state index is 13.1. The number of hydrogen-bond donors (Lipinski definition) is 0. The summed E-state index contributed by atoms with van der Waals surface area (Å²) in [5.74, 6) is -0.216. The van der Waals surface area contributed by atoms with Gasteiger partial charge in [0.1, 0.15) is 5.82 Å². The van der Waals surface area contributed by atoms with Gasteiger partial charge in [-0.3, -0.25) is 9.69 Å². The molecule has 2 aromatic carbocycles. The summed E-state index contributed by atoms with van der Waals surface area (Å²) in [6, 6.07) is 15.9. The smallest absolute Gasteiger partial charge is 0.240 e. The number of nitrogens with zero attached hydrogens (tertiary/aromatic N) is 2. The second kappa shape index (κ2) is 7.55. The van der Waals surface area contributed by atoms with Crippen molar-refractivity contribution in [1.82, 2.24) is 4.90 Å². The van der Waals surface area contributed by atoms with Gasteiger partial charge in [-0.15, -0.1) is 0 Å². The van der Waals surface area contributed by atoms with E-state index in [-0.39, 0.29) is 17.8 Å². The second-order valence-corrected chi connectivity index (χ2v) is 5.93. The average molecular weight is 328 g/mol. The zero-order valence-corrected chi connectivity index (χ0v) is 13.7. The fourth-order valence-electron chi connectivity index (χ4n) is 2.82. The molecule has 1 fully saturated rings. The van der Waals surface area contributed by atoms with E-state index < -0.39 is 0 Å². The van der Waals surface area contributed by atoms with Crippen LogP contribution in [0.15, 0.2) is 54.6 Å². The predicted octanol–water partition coefficient (Wildman–Crippen LogP) is 2.86. The van der Waals surface area contributed by atoms with Crippen LogP contribution in [0.2, 0.25) is 0 Å². The third kappa shape index (κ3) is 3.99. The molecule has 0 spiro atoms. The number of carbonyl (C=O) groups excluding carboxylic acids is 1. The number of benzene rings is 2. The highest BCUT2D eigenvalue weighted by atomic mass is 19.1. The average Bonchev–Trinajstić information content (AvgIpc) is 2.62. The van der Waals surface area contributed by atoms with Crippen LogP contribution in [0.1, 0.15) is 11.7 Å². The molecule has 0 aromatic heterocycles. The van der Waals surface area contributed by atoms with E-state index in [9.17, 15) is 9.18 Å². The number of amides is 1. The molecular formula is C19H21FN2O2. The number of hydrogen-bond acceptors (Lipinski definition) is 3. The van der Waals surface area contributed by atoms with Crippen LogP contribution in [0.3, 0.4) is 0 Å². The number of carbonyl (C=O) groups is 1. The Morgan fingerprint density at radius 2 is 1.92 bits per heavy atom. The molecule has 24 heavy (non-hydrogen) atoms. The summed E-state index contributed by atoms with van der Waals surface area (Å²) in [5, 5.41) is 0. The van der Waals surface area contributed by atoms with E-state index >= 15 is 0 Å². The van der Waals surface area contributed by atoms with Gasteiger partial charge in [-0.05, 0) is 29.8 Å². The van der Waals surface area contributed by atoms with E-state index in [4.69, 9.17) is 4.74 Å². The summed E-state index contributed by atoms with van der Waals surface area (Å²) in [6.07, 6.45) is -0.130. The molecule has 4 nitrogen and oxygen atoms in total. The fraction of sp³-hybridized carbons (Fsp3) is 0.316. The van der Waals surface area contributed by atoms with Crippen LogP contribution in [0.5, 0.6) is 0 Å². The largest absolute Gasteiger partial charge is 0.371 e. The maximum atomic E-state index is 13.1. The van der Waals surface area contributed by atoms with Gasteiger partial charge >= 0.3 is 0 Å². The lowest BCUT2D eigenvalue weighted by atomic mass is 10.1. The SMILES string of the molecule is CN(C(=O)CN1CCOC(c2ccc(F)cc2)C1)c1ccccc1. The van der Waals surface area contributed by atoms with E-state index in [1.165, 1.54) is 12.1 Å². The van der Waals surface area contributed by atoms with Crippen molar-refractivity contribution in [3.05, 3.63) is 66.0 Å². The van der Waals surface area contributed by atoms with Gasteiger partial charge < -0.3 is 9.64 Å². The second-order valence-electron chi connectivity index (χ2n) is 5.93. The first kappa shape index (κ1) is 16.6. The van der Waals surface area contributed by atoms with Crippen molar-refractivity contribution >= 4 is 11.6 Å². The summed E-state index contributed by atoms with van der Waals surface area (Å²) in [5.41, 5.74) is 1.82. The molecule has 1 atom stereocenters. The van der Waals surface area contributed by atoms with Gasteiger partial charge in [0.05, 0.1) is 19.3 Å². The first-order valence-electron chi connectivity index (χ1n) is 8.04. The summed E-state index contributed by atoms with van der Waals surface area (Å²) in [7, 11) is 1.79. The lowest BCUT2D eigenvalue weighted by Gasteiger charge is -2.33. The molecule has 1 amide bonds. The van der Waals surface area contributed by atoms with Crippen LogP contribution in [-0.2, 0) is 9.53 Å². The first-order valence-corrected chi connectivity index (χ1v) is 8.04. The standard InChI is InChI=1S/C19H21FN2O2/c1-21(17-5-3-2-4-6-17)19(23)14-22-11-12-24-18(13-22)15-7-9-16(20)10-8-15/h2-10,18H,11-14H2,1H3. The van der Waals surface area contributed by atoms with E-state index in [2.05, 4.69) is 4.90 Å². The molecule has 1 unspecified atom stereocenters. The molecule has 0 N–H and O–H groups in total. The third-order valence-corrected chi connectivity index (χ3v) is 4.27. The number of ether oxygens (including phenoxy) is 1. The topological polar surface area (TPSA) is 32.8 Å². The molecule has 2 aromatic rings. The van der Waals surface area contributed by atoms with Crippen molar-refractivity contribution in [3.8, 4) is 0 Å². The Labute approximate surface area is 141 Å². The Bertz CT molecular complexity index is 676. The van der Waals surface area contributed by atoms with Crippen molar-refractivity contribution in [1.29, 1.82) is 0 Å². The minimum atomic E-state index is -0.258. The van der Waals surface area contributed by atoms with Crippen molar-refractivity contribution in [2.45, 2.75) is 6.10 Å². The van der Waals surface area contributed by atoms with Gasteiger partial charge in [0.2, 0.25) is 5.91 Å². The molecule has 0 aliphatic carbocycles. The van der Waals surface area contributed by atoms with Gasteiger partial charge in [-0.2, -0.15) is 0 Å². The number of morpholine rings is 1. The van der Waals surface area contributed by atoms with Crippen LogP contribution < -0.4 is 4.90 Å². The fourth-order valence-corrected chi connectivity index (χ4v) is 2.82. The number of likely N-dealkylation sites (N-methyl/N-ethyl adjacent to an activating group) is 1. The van der Waals surface area contributed by atoms with E-state index in [0.29, 0.717) is 26.2 Å². The zero-order chi connectivity index (χ0) is 16.9. The highest BCUT2D eigenvalue weighted by Gasteiger charge is 2.24. The molecule has 0 bridgehead atoms.